The van der Waals surface area contributed by atoms with Gasteiger partial charge in [0.1, 0.15) is 11.4 Å². The Balaban J connectivity index is 2.62. The molecule has 19 heavy (non-hydrogen) atoms. The normalized spacial score (nSPS) is 17.4. The maximum absolute atomic E-state index is 6.45. The Morgan fingerprint density at radius 2 is 1.47 bits per heavy atom. The molecular formula is C18H26O. The van der Waals surface area contributed by atoms with Crippen molar-refractivity contribution in [3.05, 3.63) is 35.9 Å². The molecule has 0 unspecified atom stereocenters. The van der Waals surface area contributed by atoms with Gasteiger partial charge >= 0.3 is 0 Å². The topological polar surface area (TPSA) is 9.23 Å². The number of para-hydroxylation sites is 1. The lowest BCUT2D eigenvalue weighted by Gasteiger charge is -2.43. The van der Waals surface area contributed by atoms with Crippen molar-refractivity contribution in [2.75, 3.05) is 0 Å². The van der Waals surface area contributed by atoms with Gasteiger partial charge in [-0.15, -0.1) is 0 Å². The van der Waals surface area contributed by atoms with Crippen molar-refractivity contribution < 1.29 is 4.74 Å². The van der Waals surface area contributed by atoms with E-state index in [2.05, 4.69) is 71.9 Å². The third-order valence-corrected chi connectivity index (χ3v) is 4.29. The molecule has 0 aromatic heterocycles. The van der Waals surface area contributed by atoms with E-state index in [-0.39, 0.29) is 5.60 Å². The molecule has 0 spiro atoms. The van der Waals surface area contributed by atoms with Crippen molar-refractivity contribution in [3.8, 4) is 5.75 Å². The zero-order valence-corrected chi connectivity index (χ0v) is 13.0. The molecule has 0 amide bonds. The van der Waals surface area contributed by atoms with Crippen LogP contribution in [0, 0.1) is 17.8 Å². The Morgan fingerprint density at radius 1 is 0.895 bits per heavy atom. The standard InChI is InChI=1S/C18H26O/c1-12(2)16-11-18(13(3)4,14(5)6)19-17-10-8-7-9-15(16)17/h7-14H,1-6H3. The maximum atomic E-state index is 6.45. The first kappa shape index (κ1) is 14.2. The first-order valence-corrected chi connectivity index (χ1v) is 7.39. The first-order valence-electron chi connectivity index (χ1n) is 7.39. The van der Waals surface area contributed by atoms with Crippen molar-refractivity contribution >= 4 is 5.57 Å². The lowest BCUT2D eigenvalue weighted by atomic mass is 9.75. The molecule has 0 saturated heterocycles. The maximum Gasteiger partial charge on any atom is 0.132 e. The summed E-state index contributed by atoms with van der Waals surface area (Å²) in [6, 6.07) is 8.43. The number of rotatable bonds is 3. The molecule has 2 rings (SSSR count). The fraction of sp³-hybridized carbons (Fsp3) is 0.556. The molecule has 0 radical (unpaired) electrons. The predicted molar refractivity (Wildman–Crippen MR) is 82.3 cm³/mol. The van der Waals surface area contributed by atoms with Crippen molar-refractivity contribution in [2.24, 2.45) is 17.8 Å². The minimum Gasteiger partial charge on any atom is -0.482 e. The fourth-order valence-electron chi connectivity index (χ4n) is 3.05. The fourth-order valence-corrected chi connectivity index (χ4v) is 3.05. The lowest BCUT2D eigenvalue weighted by Crippen LogP contribution is -2.46. The number of hydrogen-bond donors (Lipinski definition) is 0. The minimum absolute atomic E-state index is 0.187. The monoisotopic (exact) mass is 258 g/mol. The lowest BCUT2D eigenvalue weighted by molar-refractivity contribution is 0.0223. The van der Waals surface area contributed by atoms with E-state index >= 15 is 0 Å². The van der Waals surface area contributed by atoms with E-state index in [1.54, 1.807) is 0 Å². The largest absolute Gasteiger partial charge is 0.482 e. The smallest absolute Gasteiger partial charge is 0.132 e. The number of benzene rings is 1. The summed E-state index contributed by atoms with van der Waals surface area (Å²) in [5.41, 5.74) is 2.49. The summed E-state index contributed by atoms with van der Waals surface area (Å²) in [7, 11) is 0. The van der Waals surface area contributed by atoms with Gasteiger partial charge in [-0.25, -0.2) is 0 Å². The van der Waals surface area contributed by atoms with Gasteiger partial charge in [-0.1, -0.05) is 59.7 Å². The van der Waals surface area contributed by atoms with Crippen LogP contribution in [-0.4, -0.2) is 5.60 Å². The molecule has 0 N–H and O–H groups in total. The highest BCUT2D eigenvalue weighted by Gasteiger charge is 2.41. The summed E-state index contributed by atoms with van der Waals surface area (Å²) in [4.78, 5) is 0. The van der Waals surface area contributed by atoms with Gasteiger partial charge in [-0.2, -0.15) is 0 Å². The second-order valence-corrected chi connectivity index (χ2v) is 6.52. The van der Waals surface area contributed by atoms with Crippen LogP contribution in [0.15, 0.2) is 30.3 Å². The van der Waals surface area contributed by atoms with Crippen LogP contribution >= 0.6 is 0 Å². The highest BCUT2D eigenvalue weighted by molar-refractivity contribution is 5.74. The summed E-state index contributed by atoms with van der Waals surface area (Å²) in [6.45, 7) is 13.5. The van der Waals surface area contributed by atoms with Gasteiger partial charge in [-0.3, -0.25) is 0 Å². The van der Waals surface area contributed by atoms with Gasteiger partial charge in [0, 0.05) is 5.56 Å². The summed E-state index contributed by atoms with van der Waals surface area (Å²) in [5, 5.41) is 0. The van der Waals surface area contributed by atoms with Crippen LogP contribution in [0.25, 0.3) is 5.57 Å². The van der Waals surface area contributed by atoms with E-state index in [4.69, 9.17) is 4.74 Å². The van der Waals surface area contributed by atoms with Gasteiger partial charge in [0.25, 0.3) is 0 Å². The molecule has 1 heteroatoms. The van der Waals surface area contributed by atoms with Gasteiger partial charge in [0.05, 0.1) is 0 Å². The average Bonchev–Trinajstić information content (AvgIpc) is 2.36. The quantitative estimate of drug-likeness (QED) is 0.726. The molecule has 1 aliphatic heterocycles. The number of hydrogen-bond acceptors (Lipinski definition) is 1. The molecule has 1 nitrogen and oxygen atoms in total. The molecule has 1 aliphatic rings. The van der Waals surface area contributed by atoms with E-state index in [1.807, 2.05) is 0 Å². The van der Waals surface area contributed by atoms with Crippen LogP contribution < -0.4 is 4.74 Å². The Kier molecular flexibility index (Phi) is 3.75. The van der Waals surface area contributed by atoms with E-state index in [0.29, 0.717) is 17.8 Å². The van der Waals surface area contributed by atoms with Gasteiger partial charge in [0.15, 0.2) is 0 Å². The van der Waals surface area contributed by atoms with Crippen molar-refractivity contribution in [2.45, 2.75) is 47.1 Å². The summed E-state index contributed by atoms with van der Waals surface area (Å²) in [6.07, 6.45) is 2.38. The summed E-state index contributed by atoms with van der Waals surface area (Å²) < 4.78 is 6.45. The second kappa shape index (κ2) is 5.03. The molecule has 0 bridgehead atoms. The van der Waals surface area contributed by atoms with Crippen molar-refractivity contribution in [1.29, 1.82) is 0 Å². The minimum atomic E-state index is -0.187. The van der Waals surface area contributed by atoms with E-state index < -0.39 is 0 Å². The van der Waals surface area contributed by atoms with Crippen LogP contribution in [0.3, 0.4) is 0 Å². The number of fused-ring (bicyclic) bond motifs is 1. The van der Waals surface area contributed by atoms with Crippen molar-refractivity contribution in [1.82, 2.24) is 0 Å². The molecule has 0 aliphatic carbocycles. The highest BCUT2D eigenvalue weighted by Crippen LogP contribution is 2.44. The average molecular weight is 258 g/mol. The third-order valence-electron chi connectivity index (χ3n) is 4.29. The number of allylic oxidation sites excluding steroid dienone is 1. The predicted octanol–water partition coefficient (Wildman–Crippen LogP) is 5.17. The molecule has 0 fully saturated rings. The molecule has 1 heterocycles. The first-order chi connectivity index (χ1) is 8.88. The Bertz CT molecular complexity index is 472. The van der Waals surface area contributed by atoms with E-state index in [0.717, 1.165) is 5.75 Å². The molecule has 0 atom stereocenters. The van der Waals surface area contributed by atoms with Crippen LogP contribution in [0.4, 0.5) is 0 Å². The van der Waals surface area contributed by atoms with Gasteiger partial charge in [0.2, 0.25) is 0 Å². The Morgan fingerprint density at radius 3 is 2.00 bits per heavy atom. The third kappa shape index (κ3) is 2.31. The number of ether oxygens (including phenoxy) is 1. The van der Waals surface area contributed by atoms with E-state index in [9.17, 15) is 0 Å². The zero-order valence-electron chi connectivity index (χ0n) is 13.0. The van der Waals surface area contributed by atoms with Crippen LogP contribution in [0.5, 0.6) is 5.75 Å². The van der Waals surface area contributed by atoms with Gasteiger partial charge in [-0.05, 0) is 35.5 Å². The Hall–Kier alpha value is -1.24. The molecular weight excluding hydrogens is 232 g/mol. The van der Waals surface area contributed by atoms with Crippen LogP contribution in [0.2, 0.25) is 0 Å². The van der Waals surface area contributed by atoms with Crippen molar-refractivity contribution in [3.63, 3.8) is 0 Å². The van der Waals surface area contributed by atoms with Crippen LogP contribution in [0.1, 0.15) is 47.1 Å². The second-order valence-electron chi connectivity index (χ2n) is 6.52. The zero-order chi connectivity index (χ0) is 14.2. The summed E-state index contributed by atoms with van der Waals surface area (Å²) >= 11 is 0. The molecule has 1 aromatic carbocycles. The molecule has 0 saturated carbocycles. The van der Waals surface area contributed by atoms with Gasteiger partial charge < -0.3 is 4.74 Å². The summed E-state index contributed by atoms with van der Waals surface area (Å²) in [5.74, 6) is 2.46. The highest BCUT2D eigenvalue weighted by atomic mass is 16.5. The van der Waals surface area contributed by atoms with Crippen LogP contribution in [-0.2, 0) is 0 Å². The molecule has 1 aromatic rings. The molecule has 104 valence electrons. The SMILES string of the molecule is CC(C)C1=CC(C(C)C)(C(C)C)Oc2ccccc21. The Labute approximate surface area is 117 Å². The van der Waals surface area contributed by atoms with E-state index in [1.165, 1.54) is 11.1 Å².